The van der Waals surface area contributed by atoms with Crippen molar-refractivity contribution in [2.45, 2.75) is 11.8 Å². The molecule has 1 N–H and O–H groups in total. The maximum Gasteiger partial charge on any atom is 0.265 e. The van der Waals surface area contributed by atoms with Crippen molar-refractivity contribution in [2.75, 3.05) is 44.2 Å². The van der Waals surface area contributed by atoms with Gasteiger partial charge in [0.15, 0.2) is 6.61 Å². The molecule has 2 aliphatic rings. The van der Waals surface area contributed by atoms with Crippen LogP contribution in [0.3, 0.4) is 0 Å². The first-order valence-corrected chi connectivity index (χ1v) is 8.76. The number of piperazine rings is 1. The summed E-state index contributed by atoms with van der Waals surface area (Å²) in [5, 5.41) is 3.13. The van der Waals surface area contributed by atoms with Gasteiger partial charge < -0.3 is 15.0 Å². The highest BCUT2D eigenvalue weighted by atomic mass is 32.2. The van der Waals surface area contributed by atoms with Gasteiger partial charge in [0.25, 0.3) is 5.91 Å². The maximum atomic E-state index is 12.7. The average Bonchev–Trinajstić information content (AvgIpc) is 2.55. The topological polar surface area (TPSA) is 79.0 Å². The molecule has 8 heteroatoms. The molecule has 0 bridgehead atoms. The van der Waals surface area contributed by atoms with Crippen molar-refractivity contribution in [1.29, 1.82) is 0 Å². The number of anilines is 1. The summed E-state index contributed by atoms with van der Waals surface area (Å²) in [5.74, 6) is 0.382. The fourth-order valence-corrected chi connectivity index (χ4v) is 4.18. The van der Waals surface area contributed by atoms with Crippen LogP contribution in [0.15, 0.2) is 23.1 Å². The van der Waals surface area contributed by atoms with E-state index in [1.54, 1.807) is 17.0 Å². The number of nitrogens with zero attached hydrogens (tertiary/aromatic N) is 2. The zero-order valence-electron chi connectivity index (χ0n) is 12.4. The third kappa shape index (κ3) is 2.57. The fraction of sp³-hybridized carbons (Fsp3) is 0.500. The highest BCUT2D eigenvalue weighted by Crippen LogP contribution is 2.34. The Balaban J connectivity index is 1.99. The standard InChI is InChI=1S/C14H19N3O4S/c1-2-17-12-9-11(3-4-13(12)21-10-14(17)18)22(19,20)16-7-5-15-6-8-16/h3-4,9,15H,2,5-8,10H2,1H3. The molecule has 1 amide bonds. The summed E-state index contributed by atoms with van der Waals surface area (Å²) in [6.07, 6.45) is 0. The average molecular weight is 325 g/mol. The predicted octanol–water partition coefficient (Wildman–Crippen LogP) is 0.0258. The molecular weight excluding hydrogens is 306 g/mol. The van der Waals surface area contributed by atoms with E-state index in [0.717, 1.165) is 0 Å². The molecule has 0 atom stereocenters. The Morgan fingerprint density at radius 1 is 1.27 bits per heavy atom. The Hall–Kier alpha value is -1.64. The van der Waals surface area contributed by atoms with Crippen LogP contribution in [-0.4, -0.2) is 58.0 Å². The number of hydrogen-bond donors (Lipinski definition) is 1. The van der Waals surface area contributed by atoms with Gasteiger partial charge in [-0.2, -0.15) is 4.31 Å². The van der Waals surface area contributed by atoms with Crippen molar-refractivity contribution in [3.05, 3.63) is 18.2 Å². The van der Waals surface area contributed by atoms with Crippen molar-refractivity contribution in [3.8, 4) is 5.75 Å². The molecule has 0 saturated carbocycles. The normalized spacial score (nSPS) is 19.7. The molecule has 0 radical (unpaired) electrons. The van der Waals surface area contributed by atoms with Crippen LogP contribution in [0.2, 0.25) is 0 Å². The number of rotatable bonds is 3. The number of ether oxygens (including phenoxy) is 1. The van der Waals surface area contributed by atoms with Crippen LogP contribution < -0.4 is 15.0 Å². The Labute approximate surface area is 129 Å². The smallest absolute Gasteiger partial charge is 0.265 e. The molecule has 0 aromatic heterocycles. The highest BCUT2D eigenvalue weighted by Gasteiger charge is 2.30. The predicted molar refractivity (Wildman–Crippen MR) is 81.6 cm³/mol. The fourth-order valence-electron chi connectivity index (χ4n) is 2.72. The molecule has 1 aromatic carbocycles. The van der Waals surface area contributed by atoms with Gasteiger partial charge in [-0.1, -0.05) is 0 Å². The molecule has 0 spiro atoms. The molecule has 120 valence electrons. The lowest BCUT2D eigenvalue weighted by molar-refractivity contribution is -0.121. The van der Waals surface area contributed by atoms with E-state index in [0.29, 0.717) is 44.2 Å². The van der Waals surface area contributed by atoms with Gasteiger partial charge in [-0.3, -0.25) is 4.79 Å². The zero-order valence-corrected chi connectivity index (χ0v) is 13.2. The minimum atomic E-state index is -3.54. The second-order valence-electron chi connectivity index (χ2n) is 5.21. The Bertz CT molecular complexity index is 683. The summed E-state index contributed by atoms with van der Waals surface area (Å²) < 4.78 is 32.2. The SMILES string of the molecule is CCN1C(=O)COc2ccc(S(=O)(=O)N3CCNCC3)cc21. The molecule has 2 aliphatic heterocycles. The van der Waals surface area contributed by atoms with Gasteiger partial charge in [0.05, 0.1) is 10.6 Å². The molecule has 1 aromatic rings. The Kier molecular flexibility index (Phi) is 4.07. The molecule has 2 heterocycles. The van der Waals surface area contributed by atoms with Crippen molar-refractivity contribution in [2.24, 2.45) is 0 Å². The van der Waals surface area contributed by atoms with E-state index < -0.39 is 10.0 Å². The summed E-state index contributed by atoms with van der Waals surface area (Å²) >= 11 is 0. The number of nitrogens with one attached hydrogen (secondary N) is 1. The number of carbonyl (C=O) groups is 1. The maximum absolute atomic E-state index is 12.7. The zero-order chi connectivity index (χ0) is 15.7. The van der Waals surface area contributed by atoms with E-state index in [4.69, 9.17) is 4.74 Å². The number of hydrogen-bond acceptors (Lipinski definition) is 5. The summed E-state index contributed by atoms with van der Waals surface area (Å²) in [4.78, 5) is 13.6. The Morgan fingerprint density at radius 2 is 2.00 bits per heavy atom. The number of fused-ring (bicyclic) bond motifs is 1. The minimum absolute atomic E-state index is 0.00920. The third-order valence-electron chi connectivity index (χ3n) is 3.90. The van der Waals surface area contributed by atoms with Gasteiger partial charge in [0, 0.05) is 32.7 Å². The van der Waals surface area contributed by atoms with Gasteiger partial charge in [-0.15, -0.1) is 0 Å². The van der Waals surface area contributed by atoms with Gasteiger partial charge >= 0.3 is 0 Å². The van der Waals surface area contributed by atoms with Crippen molar-refractivity contribution in [3.63, 3.8) is 0 Å². The molecule has 7 nitrogen and oxygen atoms in total. The van der Waals surface area contributed by atoms with Crippen LogP contribution in [0.5, 0.6) is 5.75 Å². The van der Waals surface area contributed by atoms with E-state index in [1.165, 1.54) is 10.4 Å². The lowest BCUT2D eigenvalue weighted by atomic mass is 10.2. The monoisotopic (exact) mass is 325 g/mol. The van der Waals surface area contributed by atoms with Crippen molar-refractivity contribution < 1.29 is 17.9 Å². The van der Waals surface area contributed by atoms with Crippen molar-refractivity contribution in [1.82, 2.24) is 9.62 Å². The summed E-state index contributed by atoms with van der Waals surface area (Å²) in [7, 11) is -3.54. The van der Waals surface area contributed by atoms with Gasteiger partial charge in [0.1, 0.15) is 5.75 Å². The molecule has 0 unspecified atom stereocenters. The molecule has 22 heavy (non-hydrogen) atoms. The van der Waals surface area contributed by atoms with E-state index in [9.17, 15) is 13.2 Å². The molecule has 0 aliphatic carbocycles. The minimum Gasteiger partial charge on any atom is -0.482 e. The van der Waals surface area contributed by atoms with Gasteiger partial charge in [0.2, 0.25) is 10.0 Å². The second-order valence-corrected chi connectivity index (χ2v) is 7.15. The van der Waals surface area contributed by atoms with Crippen molar-refractivity contribution >= 4 is 21.6 Å². The number of amides is 1. The van der Waals surface area contributed by atoms with Crippen LogP contribution in [-0.2, 0) is 14.8 Å². The van der Waals surface area contributed by atoms with Crippen LogP contribution in [0.1, 0.15) is 6.92 Å². The van der Waals surface area contributed by atoms with E-state index >= 15 is 0 Å². The first-order valence-electron chi connectivity index (χ1n) is 7.32. The lowest BCUT2D eigenvalue weighted by Gasteiger charge is -2.30. The lowest BCUT2D eigenvalue weighted by Crippen LogP contribution is -2.46. The quantitative estimate of drug-likeness (QED) is 0.848. The van der Waals surface area contributed by atoms with Crippen LogP contribution in [0.4, 0.5) is 5.69 Å². The number of carbonyl (C=O) groups excluding carboxylic acids is 1. The van der Waals surface area contributed by atoms with Crippen LogP contribution in [0, 0.1) is 0 Å². The first kappa shape index (κ1) is 15.3. The largest absolute Gasteiger partial charge is 0.482 e. The van der Waals surface area contributed by atoms with Crippen LogP contribution in [0.25, 0.3) is 0 Å². The summed E-state index contributed by atoms with van der Waals surface area (Å²) in [5.41, 5.74) is 0.523. The first-order chi connectivity index (χ1) is 10.5. The summed E-state index contributed by atoms with van der Waals surface area (Å²) in [6, 6.07) is 4.70. The molecule has 3 rings (SSSR count). The van der Waals surface area contributed by atoms with Gasteiger partial charge in [-0.25, -0.2) is 8.42 Å². The summed E-state index contributed by atoms with van der Waals surface area (Å²) in [6.45, 7) is 4.51. The molecular formula is C14H19N3O4S. The third-order valence-corrected chi connectivity index (χ3v) is 5.80. The van der Waals surface area contributed by atoms with E-state index in [1.807, 2.05) is 6.92 Å². The number of sulfonamides is 1. The van der Waals surface area contributed by atoms with E-state index in [2.05, 4.69) is 5.32 Å². The highest BCUT2D eigenvalue weighted by molar-refractivity contribution is 7.89. The molecule has 1 fully saturated rings. The Morgan fingerprint density at radius 3 is 2.68 bits per heavy atom. The number of likely N-dealkylation sites (N-methyl/N-ethyl adjacent to an activating group) is 1. The molecule has 1 saturated heterocycles. The number of benzene rings is 1. The van der Waals surface area contributed by atoms with Crippen LogP contribution >= 0.6 is 0 Å². The van der Waals surface area contributed by atoms with Gasteiger partial charge in [-0.05, 0) is 25.1 Å². The second kappa shape index (κ2) is 5.86. The van der Waals surface area contributed by atoms with E-state index in [-0.39, 0.29) is 17.4 Å².